The molecule has 3 rings (SSSR count). The van der Waals surface area contributed by atoms with Gasteiger partial charge < -0.3 is 10.2 Å². The molecule has 0 radical (unpaired) electrons. The Bertz CT molecular complexity index is 541. The van der Waals surface area contributed by atoms with E-state index >= 15 is 0 Å². The van der Waals surface area contributed by atoms with Crippen LogP contribution in [0.25, 0.3) is 11.0 Å². The van der Waals surface area contributed by atoms with E-state index in [9.17, 15) is 0 Å². The van der Waals surface area contributed by atoms with Crippen molar-refractivity contribution < 1.29 is 0 Å². The topological polar surface area (TPSA) is 41.1 Å². The third-order valence-electron chi connectivity index (χ3n) is 2.95. The highest BCUT2D eigenvalue weighted by Gasteiger charge is 2.12. The number of nitrogens with one attached hydrogen (secondary N) is 1. The third kappa shape index (κ3) is 2.51. The Morgan fingerprint density at radius 3 is 2.78 bits per heavy atom. The van der Waals surface area contributed by atoms with Crippen LogP contribution in [0.2, 0.25) is 5.02 Å². The molecule has 1 saturated heterocycles. The molecule has 0 spiro atoms. The van der Waals surface area contributed by atoms with Crippen LogP contribution in [0.15, 0.2) is 24.4 Å². The summed E-state index contributed by atoms with van der Waals surface area (Å²) >= 11 is 6.07. The number of para-hydroxylation sites is 1. The van der Waals surface area contributed by atoms with Crippen molar-refractivity contribution in [3.8, 4) is 0 Å². The van der Waals surface area contributed by atoms with E-state index in [1.54, 1.807) is 6.20 Å². The molecule has 1 aromatic heterocycles. The Hall–Kier alpha value is -1.10. The summed E-state index contributed by atoms with van der Waals surface area (Å²) in [6.45, 7) is 3.94. The SMILES string of the molecule is Cl.Clc1cccc2nc(N3CCNCC3)cnc12. The van der Waals surface area contributed by atoms with Gasteiger partial charge in [0.25, 0.3) is 0 Å². The predicted molar refractivity (Wildman–Crippen MR) is 76.9 cm³/mol. The van der Waals surface area contributed by atoms with Crippen LogP contribution in [0.4, 0.5) is 5.82 Å². The molecular weight excluding hydrogens is 271 g/mol. The van der Waals surface area contributed by atoms with Crippen LogP contribution in [0.1, 0.15) is 0 Å². The van der Waals surface area contributed by atoms with Gasteiger partial charge in [0.1, 0.15) is 11.3 Å². The van der Waals surface area contributed by atoms with E-state index in [-0.39, 0.29) is 12.4 Å². The summed E-state index contributed by atoms with van der Waals surface area (Å²) in [5.74, 6) is 0.932. The number of halogens is 2. The maximum absolute atomic E-state index is 6.07. The Kier molecular flexibility index (Phi) is 4.22. The fraction of sp³-hybridized carbons (Fsp3) is 0.333. The molecule has 0 saturated carbocycles. The lowest BCUT2D eigenvalue weighted by atomic mass is 10.3. The van der Waals surface area contributed by atoms with Gasteiger partial charge in [-0.1, -0.05) is 17.7 Å². The quantitative estimate of drug-likeness (QED) is 0.871. The lowest BCUT2D eigenvalue weighted by Crippen LogP contribution is -2.43. The number of rotatable bonds is 1. The molecule has 0 aliphatic carbocycles. The Balaban J connectivity index is 0.00000120. The zero-order valence-corrected chi connectivity index (χ0v) is 11.3. The van der Waals surface area contributed by atoms with Crippen LogP contribution in [-0.4, -0.2) is 36.1 Å². The third-order valence-corrected chi connectivity index (χ3v) is 3.26. The molecular formula is C12H14Cl2N4. The van der Waals surface area contributed by atoms with E-state index in [0.29, 0.717) is 5.02 Å². The fourth-order valence-electron chi connectivity index (χ4n) is 2.04. The van der Waals surface area contributed by atoms with Crippen LogP contribution in [0.3, 0.4) is 0 Å². The molecule has 4 nitrogen and oxygen atoms in total. The number of benzene rings is 1. The van der Waals surface area contributed by atoms with Gasteiger partial charge in [-0.2, -0.15) is 0 Å². The summed E-state index contributed by atoms with van der Waals surface area (Å²) in [5.41, 5.74) is 1.63. The monoisotopic (exact) mass is 284 g/mol. The van der Waals surface area contributed by atoms with E-state index in [2.05, 4.69) is 20.2 Å². The number of hydrogen-bond acceptors (Lipinski definition) is 4. The van der Waals surface area contributed by atoms with E-state index in [1.165, 1.54) is 0 Å². The highest BCUT2D eigenvalue weighted by molar-refractivity contribution is 6.34. The van der Waals surface area contributed by atoms with Crippen LogP contribution in [0.5, 0.6) is 0 Å². The molecule has 0 atom stereocenters. The first kappa shape index (κ1) is 13.3. The molecule has 96 valence electrons. The van der Waals surface area contributed by atoms with Gasteiger partial charge in [0.15, 0.2) is 0 Å². The molecule has 1 N–H and O–H groups in total. The Morgan fingerprint density at radius 1 is 1.22 bits per heavy atom. The number of fused-ring (bicyclic) bond motifs is 1. The smallest absolute Gasteiger partial charge is 0.147 e. The minimum Gasteiger partial charge on any atom is -0.353 e. The van der Waals surface area contributed by atoms with E-state index < -0.39 is 0 Å². The van der Waals surface area contributed by atoms with Crippen molar-refractivity contribution in [2.45, 2.75) is 0 Å². The predicted octanol–water partition coefficient (Wildman–Crippen LogP) is 2.11. The molecule has 1 aliphatic rings. The number of nitrogens with zero attached hydrogens (tertiary/aromatic N) is 3. The minimum atomic E-state index is 0. The average molecular weight is 285 g/mol. The first-order valence-corrected chi connectivity index (χ1v) is 6.09. The summed E-state index contributed by atoms with van der Waals surface area (Å²) in [5, 5.41) is 3.97. The lowest BCUT2D eigenvalue weighted by molar-refractivity contribution is 0.585. The van der Waals surface area contributed by atoms with Crippen molar-refractivity contribution in [1.29, 1.82) is 0 Å². The lowest BCUT2D eigenvalue weighted by Gasteiger charge is -2.28. The molecule has 2 aromatic rings. The maximum Gasteiger partial charge on any atom is 0.147 e. The second kappa shape index (κ2) is 5.69. The van der Waals surface area contributed by atoms with Gasteiger partial charge in [-0.15, -0.1) is 12.4 Å². The first-order valence-electron chi connectivity index (χ1n) is 5.71. The van der Waals surface area contributed by atoms with Gasteiger partial charge in [-0.3, -0.25) is 0 Å². The van der Waals surface area contributed by atoms with Crippen LogP contribution >= 0.6 is 24.0 Å². The number of hydrogen-bond donors (Lipinski definition) is 1. The summed E-state index contributed by atoms with van der Waals surface area (Å²) in [6.07, 6.45) is 1.81. The highest BCUT2D eigenvalue weighted by atomic mass is 35.5. The molecule has 2 heterocycles. The van der Waals surface area contributed by atoms with Gasteiger partial charge in [0, 0.05) is 26.2 Å². The van der Waals surface area contributed by atoms with Gasteiger partial charge in [-0.25, -0.2) is 9.97 Å². The molecule has 0 bridgehead atoms. The summed E-state index contributed by atoms with van der Waals surface area (Å²) in [4.78, 5) is 11.3. The summed E-state index contributed by atoms with van der Waals surface area (Å²) < 4.78 is 0. The molecule has 0 unspecified atom stereocenters. The molecule has 6 heteroatoms. The maximum atomic E-state index is 6.07. The second-order valence-corrected chi connectivity index (χ2v) is 4.48. The second-order valence-electron chi connectivity index (χ2n) is 4.07. The molecule has 0 amide bonds. The van der Waals surface area contributed by atoms with Crippen LogP contribution in [0, 0.1) is 0 Å². The highest BCUT2D eigenvalue weighted by Crippen LogP contribution is 2.22. The Morgan fingerprint density at radius 2 is 2.00 bits per heavy atom. The van der Waals surface area contributed by atoms with E-state index in [0.717, 1.165) is 43.0 Å². The van der Waals surface area contributed by atoms with Crippen molar-refractivity contribution in [3.63, 3.8) is 0 Å². The van der Waals surface area contributed by atoms with Crippen molar-refractivity contribution in [1.82, 2.24) is 15.3 Å². The van der Waals surface area contributed by atoms with Crippen molar-refractivity contribution in [2.75, 3.05) is 31.1 Å². The average Bonchev–Trinajstić information content (AvgIpc) is 2.40. The zero-order chi connectivity index (χ0) is 11.7. The molecule has 1 aromatic carbocycles. The van der Waals surface area contributed by atoms with E-state index in [1.807, 2.05) is 18.2 Å². The Labute approximate surface area is 117 Å². The largest absolute Gasteiger partial charge is 0.353 e. The zero-order valence-electron chi connectivity index (χ0n) is 9.77. The van der Waals surface area contributed by atoms with Crippen LogP contribution < -0.4 is 10.2 Å². The van der Waals surface area contributed by atoms with Gasteiger partial charge >= 0.3 is 0 Å². The van der Waals surface area contributed by atoms with Gasteiger partial charge in [0.05, 0.1) is 16.7 Å². The molecule has 1 fully saturated rings. The number of piperazine rings is 1. The minimum absolute atomic E-state index is 0. The molecule has 1 aliphatic heterocycles. The van der Waals surface area contributed by atoms with Gasteiger partial charge in [-0.05, 0) is 12.1 Å². The van der Waals surface area contributed by atoms with Crippen LogP contribution in [-0.2, 0) is 0 Å². The van der Waals surface area contributed by atoms with E-state index in [4.69, 9.17) is 11.6 Å². The fourth-order valence-corrected chi connectivity index (χ4v) is 2.26. The summed E-state index contributed by atoms with van der Waals surface area (Å²) in [7, 11) is 0. The van der Waals surface area contributed by atoms with Crippen molar-refractivity contribution in [2.24, 2.45) is 0 Å². The standard InChI is InChI=1S/C12H13ClN4.ClH/c13-9-2-1-3-10-12(9)15-8-11(16-10)17-6-4-14-5-7-17;/h1-3,8,14H,4-7H2;1H. The first-order chi connectivity index (χ1) is 8.34. The normalized spacial score (nSPS) is 15.5. The van der Waals surface area contributed by atoms with Crippen molar-refractivity contribution >= 4 is 40.9 Å². The van der Waals surface area contributed by atoms with Gasteiger partial charge in [0.2, 0.25) is 0 Å². The van der Waals surface area contributed by atoms with Crippen molar-refractivity contribution in [3.05, 3.63) is 29.4 Å². The molecule has 18 heavy (non-hydrogen) atoms. The summed E-state index contributed by atoms with van der Waals surface area (Å²) in [6, 6.07) is 5.68. The number of anilines is 1. The number of aromatic nitrogens is 2.